The highest BCUT2D eigenvalue weighted by Crippen LogP contribution is 1.99. The largest absolute Gasteiger partial charge is 0.193 e. The van der Waals surface area contributed by atoms with Crippen LogP contribution in [0.15, 0.2) is 35.5 Å². The van der Waals surface area contributed by atoms with E-state index in [1.54, 1.807) is 0 Å². The molecule has 0 unspecified atom stereocenters. The molecule has 0 bridgehead atoms. The fourth-order valence-electron chi connectivity index (χ4n) is 0.632. The SMILES string of the molecule is CCC(C)=CC=CC(C)=CC#N. The second-order valence-electron chi connectivity index (χ2n) is 2.74. The van der Waals surface area contributed by atoms with Crippen LogP contribution in [0.2, 0.25) is 0 Å². The minimum atomic E-state index is 0.984. The van der Waals surface area contributed by atoms with Gasteiger partial charge in [-0.1, -0.05) is 30.7 Å². The van der Waals surface area contributed by atoms with Gasteiger partial charge in [0, 0.05) is 6.08 Å². The first-order valence-corrected chi connectivity index (χ1v) is 4.11. The summed E-state index contributed by atoms with van der Waals surface area (Å²) >= 11 is 0. The van der Waals surface area contributed by atoms with E-state index in [0.29, 0.717) is 0 Å². The predicted molar refractivity (Wildman–Crippen MR) is 52.6 cm³/mol. The van der Waals surface area contributed by atoms with Crippen LogP contribution in [0.1, 0.15) is 27.2 Å². The van der Waals surface area contributed by atoms with Crippen molar-refractivity contribution in [3.8, 4) is 6.07 Å². The summed E-state index contributed by atoms with van der Waals surface area (Å²) in [5.41, 5.74) is 2.33. The van der Waals surface area contributed by atoms with Crippen molar-refractivity contribution in [2.75, 3.05) is 0 Å². The minimum Gasteiger partial charge on any atom is -0.193 e. The molecule has 12 heavy (non-hydrogen) atoms. The number of nitriles is 1. The summed E-state index contributed by atoms with van der Waals surface area (Å²) in [6, 6.07) is 1.99. The van der Waals surface area contributed by atoms with E-state index in [0.717, 1.165) is 12.0 Å². The lowest BCUT2D eigenvalue weighted by atomic mass is 10.2. The van der Waals surface area contributed by atoms with E-state index in [1.165, 1.54) is 11.6 Å². The Bertz CT molecular complexity index is 249. The van der Waals surface area contributed by atoms with E-state index < -0.39 is 0 Å². The molecule has 0 saturated carbocycles. The molecular formula is C11H15N. The first-order chi connectivity index (χ1) is 5.70. The van der Waals surface area contributed by atoms with Crippen LogP contribution in [-0.4, -0.2) is 0 Å². The molecule has 0 aromatic heterocycles. The molecule has 0 fully saturated rings. The van der Waals surface area contributed by atoms with E-state index in [1.807, 2.05) is 25.1 Å². The second-order valence-corrected chi connectivity index (χ2v) is 2.74. The molecule has 0 atom stereocenters. The Hall–Kier alpha value is -1.29. The van der Waals surface area contributed by atoms with Crippen LogP contribution in [0, 0.1) is 11.3 Å². The lowest BCUT2D eigenvalue weighted by Crippen LogP contribution is -1.69. The molecule has 0 aliphatic rings. The van der Waals surface area contributed by atoms with Crippen molar-refractivity contribution >= 4 is 0 Å². The number of allylic oxidation sites excluding steroid dienone is 6. The molecule has 0 rings (SSSR count). The summed E-state index contributed by atoms with van der Waals surface area (Å²) in [4.78, 5) is 0. The van der Waals surface area contributed by atoms with Crippen molar-refractivity contribution in [2.24, 2.45) is 0 Å². The van der Waals surface area contributed by atoms with Gasteiger partial charge in [-0.25, -0.2) is 0 Å². The molecule has 0 aromatic rings. The van der Waals surface area contributed by atoms with Gasteiger partial charge in [0.2, 0.25) is 0 Å². The minimum absolute atomic E-state index is 0.984. The zero-order chi connectivity index (χ0) is 9.40. The van der Waals surface area contributed by atoms with Crippen LogP contribution in [0.5, 0.6) is 0 Å². The number of hydrogen-bond acceptors (Lipinski definition) is 1. The van der Waals surface area contributed by atoms with Gasteiger partial charge in [-0.05, 0) is 25.8 Å². The van der Waals surface area contributed by atoms with Gasteiger partial charge in [-0.15, -0.1) is 0 Å². The van der Waals surface area contributed by atoms with Crippen LogP contribution in [0.4, 0.5) is 0 Å². The maximum Gasteiger partial charge on any atom is 0.0914 e. The molecule has 0 radical (unpaired) electrons. The Balaban J connectivity index is 4.11. The third-order valence-corrected chi connectivity index (χ3v) is 1.59. The van der Waals surface area contributed by atoms with E-state index in [-0.39, 0.29) is 0 Å². The molecular weight excluding hydrogens is 146 g/mol. The predicted octanol–water partition coefficient (Wildman–Crippen LogP) is 3.37. The summed E-state index contributed by atoms with van der Waals surface area (Å²) in [5, 5.41) is 8.32. The summed E-state index contributed by atoms with van der Waals surface area (Å²) in [5.74, 6) is 0. The molecule has 1 nitrogen and oxygen atoms in total. The third-order valence-electron chi connectivity index (χ3n) is 1.59. The summed E-state index contributed by atoms with van der Waals surface area (Å²) in [7, 11) is 0. The van der Waals surface area contributed by atoms with Crippen molar-refractivity contribution in [3.63, 3.8) is 0 Å². The molecule has 0 N–H and O–H groups in total. The van der Waals surface area contributed by atoms with Crippen molar-refractivity contribution in [3.05, 3.63) is 35.5 Å². The highest BCUT2D eigenvalue weighted by Gasteiger charge is 1.80. The van der Waals surface area contributed by atoms with E-state index >= 15 is 0 Å². The Morgan fingerprint density at radius 2 is 2.08 bits per heavy atom. The lowest BCUT2D eigenvalue weighted by molar-refractivity contribution is 1.10. The van der Waals surface area contributed by atoms with Gasteiger partial charge < -0.3 is 0 Å². The number of hydrogen-bond donors (Lipinski definition) is 0. The lowest BCUT2D eigenvalue weighted by Gasteiger charge is -1.89. The molecule has 0 spiro atoms. The molecule has 0 saturated heterocycles. The van der Waals surface area contributed by atoms with Crippen molar-refractivity contribution in [1.29, 1.82) is 5.26 Å². The quantitative estimate of drug-likeness (QED) is 0.460. The van der Waals surface area contributed by atoms with Crippen LogP contribution in [-0.2, 0) is 0 Å². The Kier molecular flexibility index (Phi) is 5.73. The first-order valence-electron chi connectivity index (χ1n) is 4.11. The Morgan fingerprint density at radius 3 is 2.58 bits per heavy atom. The monoisotopic (exact) mass is 161 g/mol. The molecule has 0 aliphatic carbocycles. The molecule has 0 amide bonds. The summed E-state index contributed by atoms with van der Waals surface area (Å²) < 4.78 is 0. The maximum absolute atomic E-state index is 8.32. The van der Waals surface area contributed by atoms with Crippen LogP contribution in [0.3, 0.4) is 0 Å². The van der Waals surface area contributed by atoms with Crippen molar-refractivity contribution in [1.82, 2.24) is 0 Å². The zero-order valence-corrected chi connectivity index (χ0v) is 7.96. The first kappa shape index (κ1) is 10.7. The maximum atomic E-state index is 8.32. The number of nitrogens with zero attached hydrogens (tertiary/aromatic N) is 1. The van der Waals surface area contributed by atoms with Gasteiger partial charge in [-0.3, -0.25) is 0 Å². The van der Waals surface area contributed by atoms with Gasteiger partial charge in [0.25, 0.3) is 0 Å². The van der Waals surface area contributed by atoms with Gasteiger partial charge >= 0.3 is 0 Å². The van der Waals surface area contributed by atoms with E-state index in [4.69, 9.17) is 5.26 Å². The molecule has 1 heteroatoms. The van der Waals surface area contributed by atoms with Crippen LogP contribution in [0.25, 0.3) is 0 Å². The fraction of sp³-hybridized carbons (Fsp3) is 0.364. The average molecular weight is 161 g/mol. The van der Waals surface area contributed by atoms with Crippen LogP contribution >= 0.6 is 0 Å². The second kappa shape index (κ2) is 6.42. The fourth-order valence-corrected chi connectivity index (χ4v) is 0.632. The molecule has 0 aromatic carbocycles. The average Bonchev–Trinajstić information content (AvgIpc) is 2.04. The van der Waals surface area contributed by atoms with Crippen molar-refractivity contribution in [2.45, 2.75) is 27.2 Å². The van der Waals surface area contributed by atoms with E-state index in [2.05, 4.69) is 19.9 Å². The zero-order valence-electron chi connectivity index (χ0n) is 7.96. The Morgan fingerprint density at radius 1 is 1.42 bits per heavy atom. The van der Waals surface area contributed by atoms with Gasteiger partial charge in [0.15, 0.2) is 0 Å². The standard InChI is InChI=1S/C11H15N/c1-4-10(2)6-5-7-11(3)8-9-12/h5-8H,4H2,1-3H3. The molecule has 0 aliphatic heterocycles. The normalized spacial score (nSPS) is 13.5. The highest BCUT2D eigenvalue weighted by molar-refractivity contribution is 5.25. The van der Waals surface area contributed by atoms with Gasteiger partial charge in [-0.2, -0.15) is 5.26 Å². The van der Waals surface area contributed by atoms with Gasteiger partial charge in [0.05, 0.1) is 6.07 Å². The number of rotatable bonds is 3. The summed E-state index contributed by atoms with van der Waals surface area (Å²) in [6.45, 7) is 6.13. The Labute approximate surface area is 74.7 Å². The van der Waals surface area contributed by atoms with Gasteiger partial charge in [0.1, 0.15) is 0 Å². The summed E-state index contributed by atoms with van der Waals surface area (Å²) in [6.07, 6.45) is 8.58. The van der Waals surface area contributed by atoms with Crippen LogP contribution < -0.4 is 0 Å². The smallest absolute Gasteiger partial charge is 0.0914 e. The van der Waals surface area contributed by atoms with E-state index in [9.17, 15) is 0 Å². The third kappa shape index (κ3) is 5.49. The molecule has 64 valence electrons. The topological polar surface area (TPSA) is 23.8 Å². The molecule has 0 heterocycles. The van der Waals surface area contributed by atoms with Crippen molar-refractivity contribution < 1.29 is 0 Å². The highest BCUT2D eigenvalue weighted by atomic mass is 14.2.